The number of amides is 2. The Balaban J connectivity index is 1.57. The second kappa shape index (κ2) is 15.0. The third kappa shape index (κ3) is 9.07. The molecule has 2 aromatic carbocycles. The molecular weight excluding hydrogens is 523 g/mol. The Kier molecular flexibility index (Phi) is 12.1. The molecule has 0 bridgehead atoms. The zero-order valence-electron chi connectivity index (χ0n) is 22.3. The molecule has 2 aromatic rings. The molecule has 0 saturated carbocycles. The zero-order chi connectivity index (χ0) is 27.5. The lowest BCUT2D eigenvalue weighted by atomic mass is 9.98. The number of rotatable bonds is 15. The molecule has 0 aromatic heterocycles. The number of likely N-dealkylation sites (tertiary alicyclic amines) is 1. The Morgan fingerprint density at radius 3 is 2.53 bits per heavy atom. The van der Waals surface area contributed by atoms with E-state index in [0.29, 0.717) is 38.4 Å². The lowest BCUT2D eigenvalue weighted by Gasteiger charge is -2.36. The molecule has 3 atom stereocenters. The van der Waals surface area contributed by atoms with Gasteiger partial charge in [-0.3, -0.25) is 19.1 Å². The Labute approximate surface area is 229 Å². The van der Waals surface area contributed by atoms with E-state index < -0.39 is 19.5 Å². The first-order valence-electron chi connectivity index (χ1n) is 13.3. The van der Waals surface area contributed by atoms with E-state index in [1.807, 2.05) is 42.5 Å². The maximum Gasteiger partial charge on any atom is 0.340 e. The van der Waals surface area contributed by atoms with Crippen molar-refractivity contribution < 1.29 is 23.2 Å². The Hall–Kier alpha value is -1.94. The van der Waals surface area contributed by atoms with Crippen molar-refractivity contribution in [2.24, 2.45) is 11.5 Å². The van der Waals surface area contributed by atoms with E-state index in [2.05, 4.69) is 10.2 Å². The first-order valence-corrected chi connectivity index (χ1v) is 16.2. The minimum atomic E-state index is -3.13. The normalized spacial score (nSPS) is 18.2. The third-order valence-electron chi connectivity index (χ3n) is 6.53. The van der Waals surface area contributed by atoms with Gasteiger partial charge < -0.3 is 25.8 Å². The molecule has 0 aliphatic carbocycles. The van der Waals surface area contributed by atoms with E-state index >= 15 is 0 Å². The molecule has 11 heteroatoms. The van der Waals surface area contributed by atoms with E-state index in [1.165, 1.54) is 11.8 Å². The van der Waals surface area contributed by atoms with Crippen molar-refractivity contribution in [3.8, 4) is 0 Å². The van der Waals surface area contributed by atoms with Crippen LogP contribution in [0.15, 0.2) is 42.5 Å². The average Bonchev–Trinajstić information content (AvgIpc) is 2.88. The van der Waals surface area contributed by atoms with Gasteiger partial charge in [-0.1, -0.05) is 48.9 Å². The van der Waals surface area contributed by atoms with Crippen molar-refractivity contribution in [2.45, 2.75) is 57.7 Å². The zero-order valence-corrected chi connectivity index (χ0v) is 24.1. The number of carbonyl (C=O) groups is 2. The highest BCUT2D eigenvalue weighted by Gasteiger charge is 2.32. The average molecular weight is 565 g/mol. The highest BCUT2D eigenvalue weighted by atomic mass is 32.2. The fraction of sp³-hybridized carbons (Fsp3) is 0.556. The van der Waals surface area contributed by atoms with Crippen molar-refractivity contribution in [1.29, 1.82) is 0 Å². The first kappa shape index (κ1) is 30.6. The molecule has 1 heterocycles. The summed E-state index contributed by atoms with van der Waals surface area (Å²) >= 11 is 1.44. The van der Waals surface area contributed by atoms with Crippen molar-refractivity contribution in [1.82, 2.24) is 10.2 Å². The Morgan fingerprint density at radius 1 is 1.13 bits per heavy atom. The van der Waals surface area contributed by atoms with E-state index in [0.717, 1.165) is 35.7 Å². The number of piperidine rings is 1. The van der Waals surface area contributed by atoms with Gasteiger partial charge in [0.15, 0.2) is 0 Å². The molecule has 2 amide bonds. The van der Waals surface area contributed by atoms with Crippen LogP contribution in [0.25, 0.3) is 10.8 Å². The van der Waals surface area contributed by atoms with E-state index in [9.17, 15) is 14.2 Å². The highest BCUT2D eigenvalue weighted by molar-refractivity contribution is 8.04. The fourth-order valence-electron chi connectivity index (χ4n) is 4.77. The maximum absolute atomic E-state index is 13.3. The van der Waals surface area contributed by atoms with Gasteiger partial charge in [0.2, 0.25) is 11.8 Å². The molecule has 0 radical (unpaired) electrons. The number of carbonyl (C=O) groups excluding carboxylic acids is 2. The minimum Gasteiger partial charge on any atom is -0.368 e. The van der Waals surface area contributed by atoms with Crippen LogP contribution >= 0.6 is 19.4 Å². The largest absolute Gasteiger partial charge is 0.368 e. The molecule has 3 unspecified atom stereocenters. The summed E-state index contributed by atoms with van der Waals surface area (Å²) in [5, 5.41) is 5.09. The Bertz CT molecular complexity index is 1110. The van der Waals surface area contributed by atoms with E-state index in [1.54, 1.807) is 13.8 Å². The third-order valence-corrected chi connectivity index (χ3v) is 10.5. The number of primary amides is 1. The van der Waals surface area contributed by atoms with Crippen LogP contribution in [-0.4, -0.2) is 72.4 Å². The summed E-state index contributed by atoms with van der Waals surface area (Å²) in [4.78, 5) is 27.7. The van der Waals surface area contributed by atoms with Crippen LogP contribution in [0.1, 0.15) is 38.7 Å². The van der Waals surface area contributed by atoms with Crippen LogP contribution in [0.5, 0.6) is 0 Å². The number of nitrogens with zero attached hydrogens (tertiary/aromatic N) is 1. The minimum absolute atomic E-state index is 0.202. The number of nitrogens with one attached hydrogen (secondary N) is 1. The number of nitrogens with two attached hydrogens (primary N) is 2. The van der Waals surface area contributed by atoms with Crippen LogP contribution in [0.3, 0.4) is 0 Å². The summed E-state index contributed by atoms with van der Waals surface area (Å²) in [7, 11) is -3.13. The smallest absolute Gasteiger partial charge is 0.340 e. The summed E-state index contributed by atoms with van der Waals surface area (Å²) in [5.41, 5.74) is 13.3. The highest BCUT2D eigenvalue weighted by Crippen LogP contribution is 2.50. The van der Waals surface area contributed by atoms with Gasteiger partial charge >= 0.3 is 7.60 Å². The van der Waals surface area contributed by atoms with Gasteiger partial charge in [0.05, 0.1) is 24.7 Å². The lowest BCUT2D eigenvalue weighted by Crippen LogP contribution is -2.56. The van der Waals surface area contributed by atoms with E-state index in [4.69, 9.17) is 20.5 Å². The van der Waals surface area contributed by atoms with Crippen LogP contribution in [0, 0.1) is 0 Å². The number of fused-ring (bicyclic) bond motifs is 1. The number of hydrogen-bond acceptors (Lipinski definition) is 8. The van der Waals surface area contributed by atoms with Gasteiger partial charge in [-0.15, -0.1) is 11.8 Å². The summed E-state index contributed by atoms with van der Waals surface area (Å²) < 4.78 is 23.4. The van der Waals surface area contributed by atoms with Crippen LogP contribution in [-0.2, 0) is 29.6 Å². The predicted octanol–water partition coefficient (Wildman–Crippen LogP) is 3.49. The molecular formula is C27H41N4O5PS. The molecule has 1 aliphatic heterocycles. The van der Waals surface area contributed by atoms with Gasteiger partial charge in [0.1, 0.15) is 6.04 Å². The van der Waals surface area contributed by atoms with Crippen LogP contribution < -0.4 is 16.8 Å². The molecule has 1 fully saturated rings. The number of thioether (sulfide) groups is 1. The molecule has 210 valence electrons. The number of benzene rings is 2. The molecule has 1 aliphatic rings. The van der Waals surface area contributed by atoms with E-state index in [-0.39, 0.29) is 23.5 Å². The molecule has 3 rings (SSSR count). The maximum atomic E-state index is 13.3. The van der Waals surface area contributed by atoms with Gasteiger partial charge in [-0.2, -0.15) is 0 Å². The fourth-order valence-corrected chi connectivity index (χ4v) is 7.96. The standard InChI is InChI=1S/C27H41N4O5PS/c1-3-35-37(34,36-4-2)19-38-18-23(28)17-31-14-8-7-11-25(31)27(33)30-24(26(29)32)16-20-12-13-21-9-5-6-10-22(21)15-20/h5-6,9-10,12-13,15,23-25H,3-4,7-8,11,14,16-19,28H2,1-2H3,(H2,29,32)(H,30,33). The van der Waals surface area contributed by atoms with Gasteiger partial charge in [0, 0.05) is 24.8 Å². The van der Waals surface area contributed by atoms with Crippen LogP contribution in [0.2, 0.25) is 0 Å². The van der Waals surface area contributed by atoms with Gasteiger partial charge in [-0.05, 0) is 49.6 Å². The predicted molar refractivity (Wildman–Crippen MR) is 154 cm³/mol. The second-order valence-electron chi connectivity index (χ2n) is 9.56. The molecule has 38 heavy (non-hydrogen) atoms. The SMILES string of the molecule is CCOP(=O)(CSCC(N)CN1CCCCC1C(=O)NC(Cc1ccc2ccccc2c1)C(N)=O)OCC. The Morgan fingerprint density at radius 2 is 1.84 bits per heavy atom. The van der Waals surface area contributed by atoms with Crippen molar-refractivity contribution in [2.75, 3.05) is 37.6 Å². The van der Waals surface area contributed by atoms with Crippen molar-refractivity contribution >= 4 is 41.9 Å². The molecule has 9 nitrogen and oxygen atoms in total. The summed E-state index contributed by atoms with van der Waals surface area (Å²) in [5.74, 6) is -0.206. The lowest BCUT2D eigenvalue weighted by molar-refractivity contribution is -0.131. The quantitative estimate of drug-likeness (QED) is 0.280. The second-order valence-corrected chi connectivity index (χ2v) is 13.1. The molecule has 5 N–H and O–H groups in total. The topological polar surface area (TPSA) is 137 Å². The summed E-state index contributed by atoms with van der Waals surface area (Å²) in [6, 6.07) is 12.6. The number of hydrogen-bond donors (Lipinski definition) is 3. The molecule has 0 spiro atoms. The van der Waals surface area contributed by atoms with Crippen LogP contribution in [0.4, 0.5) is 0 Å². The van der Waals surface area contributed by atoms with Crippen molar-refractivity contribution in [3.05, 3.63) is 48.0 Å². The molecule has 1 saturated heterocycles. The summed E-state index contributed by atoms with van der Waals surface area (Å²) in [6.07, 6.45) is 2.92. The first-order chi connectivity index (χ1) is 18.2. The van der Waals surface area contributed by atoms with Gasteiger partial charge in [-0.25, -0.2) is 0 Å². The monoisotopic (exact) mass is 564 g/mol. The summed E-state index contributed by atoms with van der Waals surface area (Å²) in [6.45, 7) is 5.48. The van der Waals surface area contributed by atoms with Crippen molar-refractivity contribution in [3.63, 3.8) is 0 Å². The van der Waals surface area contributed by atoms with Gasteiger partial charge in [0.25, 0.3) is 0 Å².